The molecule has 0 aliphatic carbocycles. The molecule has 12 atom stereocenters. The quantitative estimate of drug-likeness (QED) is 0.0362. The van der Waals surface area contributed by atoms with Gasteiger partial charge in [-0.3, -0.25) is 4.79 Å². The van der Waals surface area contributed by atoms with E-state index in [9.17, 15) is 45.6 Å². The summed E-state index contributed by atoms with van der Waals surface area (Å²) in [4.78, 5) is 13.0. The largest absolute Gasteiger partial charge is 0.394 e. The number of carbonyl (C=O) groups excluding carboxylic acids is 1. The van der Waals surface area contributed by atoms with E-state index in [1.807, 2.05) is 6.08 Å². The smallest absolute Gasteiger partial charge is 0.220 e. The van der Waals surface area contributed by atoms with E-state index in [4.69, 9.17) is 18.9 Å². The number of aliphatic hydroxyl groups excluding tert-OH is 8. The van der Waals surface area contributed by atoms with Gasteiger partial charge in [0, 0.05) is 6.42 Å². The minimum Gasteiger partial charge on any atom is -0.394 e. The fraction of sp³-hybridized carbons (Fsp3) is 0.881. The van der Waals surface area contributed by atoms with Crippen LogP contribution in [0.1, 0.15) is 142 Å². The summed E-state index contributed by atoms with van der Waals surface area (Å²) in [5.74, 6) is -0.254. The second-order valence-corrected chi connectivity index (χ2v) is 15.5. The van der Waals surface area contributed by atoms with Crippen LogP contribution < -0.4 is 5.32 Å². The lowest BCUT2D eigenvalue weighted by Crippen LogP contribution is -2.65. The zero-order valence-corrected chi connectivity index (χ0v) is 34.1. The summed E-state index contributed by atoms with van der Waals surface area (Å²) in [6, 6.07) is -0.912. The van der Waals surface area contributed by atoms with Crippen molar-refractivity contribution in [1.82, 2.24) is 5.32 Å². The molecule has 0 bridgehead atoms. The van der Waals surface area contributed by atoms with Crippen LogP contribution in [0.15, 0.2) is 24.3 Å². The Labute approximate surface area is 335 Å². The summed E-state index contributed by atoms with van der Waals surface area (Å²) in [5, 5.41) is 86.2. The number of aliphatic hydroxyl groups is 8. The normalized spacial score (nSPS) is 29.6. The minimum absolute atomic E-state index is 0.254. The van der Waals surface area contributed by atoms with Crippen LogP contribution in [0.5, 0.6) is 0 Å². The Morgan fingerprint density at radius 2 is 1.12 bits per heavy atom. The SMILES string of the molecule is CCCCC/C=C\CCCCCCCC(=O)NC(COC1OC(CO)C(OC2OC(CO)C(O)C(O)C2O)C(O)C1O)C(O)/C=C/CCCCCCCCCC. The molecule has 0 aromatic rings. The molecule has 328 valence electrons. The molecule has 0 spiro atoms. The number of hydrogen-bond acceptors (Lipinski definition) is 13. The highest BCUT2D eigenvalue weighted by atomic mass is 16.7. The van der Waals surface area contributed by atoms with E-state index in [0.717, 1.165) is 57.8 Å². The second-order valence-electron chi connectivity index (χ2n) is 15.5. The van der Waals surface area contributed by atoms with Crippen molar-refractivity contribution >= 4 is 5.91 Å². The average Bonchev–Trinajstić information content (AvgIpc) is 3.19. The van der Waals surface area contributed by atoms with Gasteiger partial charge in [0.1, 0.15) is 48.8 Å². The fourth-order valence-electron chi connectivity index (χ4n) is 6.99. The number of unbranched alkanes of at least 4 members (excludes halogenated alkanes) is 16. The standard InChI is InChI=1S/C42H77NO13/c1-3-5-7-9-11-13-15-16-18-20-22-24-26-34(47)43-30(31(46)25-23-21-19-17-14-12-10-8-6-4-2)29-53-41-39(52)37(50)40(33(28-45)55-41)56-42-38(51)36(49)35(48)32(27-44)54-42/h11,13,23,25,30-33,35-42,44-46,48-52H,3-10,12,14-22,24,26-29H2,1-2H3,(H,43,47)/b13-11-,25-23+. The Bertz CT molecular complexity index is 1050. The van der Waals surface area contributed by atoms with Crippen molar-refractivity contribution in [3.05, 3.63) is 24.3 Å². The summed E-state index contributed by atoms with van der Waals surface area (Å²) in [6.45, 7) is 2.69. The zero-order valence-electron chi connectivity index (χ0n) is 34.1. The minimum atomic E-state index is -1.78. The lowest BCUT2D eigenvalue weighted by molar-refractivity contribution is -0.359. The molecule has 12 unspecified atom stereocenters. The van der Waals surface area contributed by atoms with Gasteiger partial charge < -0.3 is 65.1 Å². The van der Waals surface area contributed by atoms with Gasteiger partial charge in [0.2, 0.25) is 5.91 Å². The summed E-state index contributed by atoms with van der Waals surface area (Å²) < 4.78 is 22.6. The molecule has 1 amide bonds. The second kappa shape index (κ2) is 30.5. The van der Waals surface area contributed by atoms with Crippen molar-refractivity contribution in [2.75, 3.05) is 19.8 Å². The predicted molar refractivity (Wildman–Crippen MR) is 212 cm³/mol. The first-order valence-electron chi connectivity index (χ1n) is 21.6. The molecule has 0 saturated carbocycles. The van der Waals surface area contributed by atoms with Crippen molar-refractivity contribution < 1.29 is 64.6 Å². The third kappa shape index (κ3) is 19.0. The van der Waals surface area contributed by atoms with E-state index >= 15 is 0 Å². The summed E-state index contributed by atoms with van der Waals surface area (Å²) in [5.41, 5.74) is 0. The van der Waals surface area contributed by atoms with Gasteiger partial charge in [-0.05, 0) is 44.9 Å². The molecule has 9 N–H and O–H groups in total. The summed E-state index contributed by atoms with van der Waals surface area (Å²) >= 11 is 0. The van der Waals surface area contributed by atoms with Gasteiger partial charge in [-0.1, -0.05) is 115 Å². The first-order valence-corrected chi connectivity index (χ1v) is 21.6. The first-order chi connectivity index (χ1) is 27.1. The van der Waals surface area contributed by atoms with Crippen molar-refractivity contribution in [2.24, 2.45) is 0 Å². The molecule has 2 rings (SSSR count). The van der Waals surface area contributed by atoms with Crippen LogP contribution in [0.4, 0.5) is 0 Å². The maximum absolute atomic E-state index is 13.0. The highest BCUT2D eigenvalue weighted by Crippen LogP contribution is 2.30. The van der Waals surface area contributed by atoms with Crippen LogP contribution in [0.25, 0.3) is 0 Å². The topological polar surface area (TPSA) is 228 Å². The van der Waals surface area contributed by atoms with Crippen molar-refractivity contribution in [2.45, 2.75) is 216 Å². The Hall–Kier alpha value is -1.53. The fourth-order valence-corrected chi connectivity index (χ4v) is 6.99. The molecule has 2 aliphatic rings. The van der Waals surface area contributed by atoms with E-state index in [1.165, 1.54) is 57.8 Å². The molecule has 2 heterocycles. The van der Waals surface area contributed by atoms with Crippen molar-refractivity contribution in [1.29, 1.82) is 0 Å². The Balaban J connectivity index is 1.94. The number of nitrogens with one attached hydrogen (secondary N) is 1. The molecule has 2 fully saturated rings. The lowest BCUT2D eigenvalue weighted by atomic mass is 9.97. The molecule has 2 aliphatic heterocycles. The van der Waals surface area contributed by atoms with E-state index in [0.29, 0.717) is 6.42 Å². The van der Waals surface area contributed by atoms with Crippen molar-refractivity contribution in [3.63, 3.8) is 0 Å². The molecule has 14 nitrogen and oxygen atoms in total. The number of allylic oxidation sites excluding steroid dienone is 3. The number of hydrogen-bond donors (Lipinski definition) is 9. The molecule has 56 heavy (non-hydrogen) atoms. The number of amides is 1. The summed E-state index contributed by atoms with van der Waals surface area (Å²) in [6.07, 6.45) is 12.4. The highest BCUT2D eigenvalue weighted by Gasteiger charge is 2.50. The van der Waals surface area contributed by atoms with Crippen LogP contribution in [-0.2, 0) is 23.7 Å². The maximum Gasteiger partial charge on any atom is 0.220 e. The van der Waals surface area contributed by atoms with Crippen LogP contribution in [0, 0.1) is 0 Å². The van der Waals surface area contributed by atoms with E-state index < -0.39 is 86.8 Å². The van der Waals surface area contributed by atoms with Gasteiger partial charge in [0.15, 0.2) is 12.6 Å². The van der Waals surface area contributed by atoms with E-state index in [2.05, 4.69) is 31.3 Å². The highest BCUT2D eigenvalue weighted by molar-refractivity contribution is 5.76. The number of rotatable bonds is 31. The number of carbonyl (C=O) groups is 1. The van der Waals surface area contributed by atoms with Crippen LogP contribution >= 0.6 is 0 Å². The third-order valence-electron chi connectivity index (χ3n) is 10.6. The number of ether oxygens (including phenoxy) is 4. The van der Waals surface area contributed by atoms with Crippen LogP contribution in [-0.4, -0.2) is 140 Å². The lowest BCUT2D eigenvalue weighted by Gasteiger charge is -2.46. The molecule has 2 saturated heterocycles. The Kier molecular flexibility index (Phi) is 27.6. The molecule has 0 radical (unpaired) electrons. The molecular formula is C42H77NO13. The molecule has 0 aromatic heterocycles. The van der Waals surface area contributed by atoms with E-state index in [1.54, 1.807) is 6.08 Å². The van der Waals surface area contributed by atoms with Gasteiger partial charge >= 0.3 is 0 Å². The summed E-state index contributed by atoms with van der Waals surface area (Å²) in [7, 11) is 0. The average molecular weight is 804 g/mol. The van der Waals surface area contributed by atoms with Crippen LogP contribution in [0.2, 0.25) is 0 Å². The monoisotopic (exact) mass is 804 g/mol. The van der Waals surface area contributed by atoms with Gasteiger partial charge in [0.25, 0.3) is 0 Å². The first kappa shape index (κ1) is 50.6. The maximum atomic E-state index is 13.0. The van der Waals surface area contributed by atoms with E-state index in [-0.39, 0.29) is 18.9 Å². The van der Waals surface area contributed by atoms with Gasteiger partial charge in [0.05, 0.1) is 32.0 Å². The molecule has 14 heteroatoms. The van der Waals surface area contributed by atoms with Gasteiger partial charge in [-0.25, -0.2) is 0 Å². The molecule has 0 aromatic carbocycles. The Morgan fingerprint density at radius 3 is 1.73 bits per heavy atom. The third-order valence-corrected chi connectivity index (χ3v) is 10.6. The van der Waals surface area contributed by atoms with Gasteiger partial charge in [-0.15, -0.1) is 0 Å². The zero-order chi connectivity index (χ0) is 41.1. The molecular weight excluding hydrogens is 726 g/mol. The predicted octanol–water partition coefficient (Wildman–Crippen LogP) is 3.43. The Morgan fingerprint density at radius 1 is 0.625 bits per heavy atom. The van der Waals surface area contributed by atoms with Crippen LogP contribution in [0.3, 0.4) is 0 Å². The van der Waals surface area contributed by atoms with Crippen molar-refractivity contribution in [3.8, 4) is 0 Å². The van der Waals surface area contributed by atoms with Gasteiger partial charge in [-0.2, -0.15) is 0 Å².